The summed E-state index contributed by atoms with van der Waals surface area (Å²) in [6.45, 7) is 10.5. The van der Waals surface area contributed by atoms with Crippen LogP contribution in [0.15, 0.2) is 48.5 Å². The molecule has 0 saturated heterocycles. The van der Waals surface area contributed by atoms with Gasteiger partial charge in [-0.2, -0.15) is 0 Å². The van der Waals surface area contributed by atoms with E-state index in [2.05, 4.69) is 36.3 Å². The molecule has 2 aromatic rings. The van der Waals surface area contributed by atoms with Gasteiger partial charge in [-0.3, -0.25) is 19.3 Å². The lowest BCUT2D eigenvalue weighted by molar-refractivity contribution is 0.0568. The molecule has 2 aromatic carbocycles. The topological polar surface area (TPSA) is 81.8 Å². The molecule has 0 aromatic heterocycles. The van der Waals surface area contributed by atoms with Crippen molar-refractivity contribution in [1.29, 1.82) is 0 Å². The molecule has 1 heterocycles. The van der Waals surface area contributed by atoms with Crippen LogP contribution in [0.5, 0.6) is 0 Å². The van der Waals surface area contributed by atoms with E-state index in [0.717, 1.165) is 44.6 Å². The first kappa shape index (κ1) is 29.4. The fraction of sp³-hybridized carbons (Fsp3) is 0.516. The van der Waals surface area contributed by atoms with Gasteiger partial charge in [-0.15, -0.1) is 0 Å². The first-order valence-electron chi connectivity index (χ1n) is 14.3. The summed E-state index contributed by atoms with van der Waals surface area (Å²) < 4.78 is 0. The van der Waals surface area contributed by atoms with E-state index in [9.17, 15) is 14.4 Å². The summed E-state index contributed by atoms with van der Waals surface area (Å²) in [5.74, 6) is -0.432. The minimum atomic E-state index is -0.180. The first-order valence-corrected chi connectivity index (χ1v) is 14.3. The maximum atomic E-state index is 13.1. The van der Waals surface area contributed by atoms with E-state index in [1.165, 1.54) is 24.2 Å². The van der Waals surface area contributed by atoms with Crippen LogP contribution in [0.1, 0.15) is 96.8 Å². The smallest absolute Gasteiger partial charge is 0.261 e. The zero-order chi connectivity index (χ0) is 27.3. The van der Waals surface area contributed by atoms with Crippen molar-refractivity contribution in [3.8, 4) is 0 Å². The number of rotatable bonds is 17. The van der Waals surface area contributed by atoms with Crippen molar-refractivity contribution < 1.29 is 14.4 Å². The number of hydrogen-bond acceptors (Lipinski definition) is 5. The van der Waals surface area contributed by atoms with Gasteiger partial charge in [0, 0.05) is 36.9 Å². The highest BCUT2D eigenvalue weighted by atomic mass is 16.2. The lowest BCUT2D eigenvalue weighted by Gasteiger charge is -2.26. The van der Waals surface area contributed by atoms with Crippen LogP contribution in [-0.4, -0.2) is 66.3 Å². The van der Waals surface area contributed by atoms with Gasteiger partial charge in [-0.1, -0.05) is 65.0 Å². The molecule has 1 aliphatic rings. The Balaban J connectivity index is 1.54. The van der Waals surface area contributed by atoms with Crippen molar-refractivity contribution in [3.63, 3.8) is 0 Å². The van der Waals surface area contributed by atoms with Gasteiger partial charge in [-0.25, -0.2) is 0 Å². The second kappa shape index (κ2) is 15.3. The van der Waals surface area contributed by atoms with Crippen LogP contribution in [0, 0.1) is 0 Å². The largest absolute Gasteiger partial charge is 0.385 e. The number of likely N-dealkylation sites (N-methyl/N-ethyl adjacent to an activating group) is 1. The molecule has 0 bridgehead atoms. The van der Waals surface area contributed by atoms with Crippen LogP contribution in [0.25, 0.3) is 0 Å². The zero-order valence-electron chi connectivity index (χ0n) is 23.3. The van der Waals surface area contributed by atoms with Crippen molar-refractivity contribution in [2.24, 2.45) is 0 Å². The minimum absolute atomic E-state index is 0.0718. The molecule has 206 valence electrons. The van der Waals surface area contributed by atoms with Gasteiger partial charge in [0.15, 0.2) is 0 Å². The van der Waals surface area contributed by atoms with Crippen LogP contribution in [0.3, 0.4) is 0 Å². The number of benzene rings is 2. The van der Waals surface area contributed by atoms with Crippen LogP contribution >= 0.6 is 0 Å². The Morgan fingerprint density at radius 1 is 0.816 bits per heavy atom. The normalized spacial score (nSPS) is 13.6. The van der Waals surface area contributed by atoms with Gasteiger partial charge in [0.2, 0.25) is 0 Å². The van der Waals surface area contributed by atoms with Crippen molar-refractivity contribution in [2.75, 3.05) is 38.0 Å². The summed E-state index contributed by atoms with van der Waals surface area (Å²) >= 11 is 0. The van der Waals surface area contributed by atoms with E-state index < -0.39 is 0 Å². The number of nitrogens with zero attached hydrogens (tertiary/aromatic N) is 2. The number of carbonyl (C=O) groups excluding carboxylic acids is 3. The fourth-order valence-electron chi connectivity index (χ4n) is 5.02. The molecule has 3 amide bonds. The molecule has 0 saturated carbocycles. The second-order valence-corrected chi connectivity index (χ2v) is 9.96. The summed E-state index contributed by atoms with van der Waals surface area (Å²) in [5.41, 5.74) is 2.56. The van der Waals surface area contributed by atoms with Gasteiger partial charge in [0.05, 0.1) is 11.1 Å². The van der Waals surface area contributed by atoms with E-state index >= 15 is 0 Å². The SMILES string of the molecule is CCCCCCCC(CCNc1ccc(C(=O)NCCN(CC)CC)cc1)N1C(=O)c2ccccc2C1=O. The molecule has 2 N–H and O–H groups in total. The molecule has 7 nitrogen and oxygen atoms in total. The maximum Gasteiger partial charge on any atom is 0.261 e. The average Bonchev–Trinajstić information content (AvgIpc) is 3.20. The van der Waals surface area contributed by atoms with Gasteiger partial charge < -0.3 is 15.5 Å². The fourth-order valence-corrected chi connectivity index (χ4v) is 5.02. The zero-order valence-corrected chi connectivity index (χ0v) is 23.3. The molecule has 3 rings (SSSR count). The number of nitrogens with one attached hydrogen (secondary N) is 2. The first-order chi connectivity index (χ1) is 18.5. The number of hydrogen-bond donors (Lipinski definition) is 2. The quantitative estimate of drug-likeness (QED) is 0.210. The molecule has 38 heavy (non-hydrogen) atoms. The number of amides is 3. The molecule has 0 spiro atoms. The predicted octanol–water partition coefficient (Wildman–Crippen LogP) is 5.59. The maximum absolute atomic E-state index is 13.1. The summed E-state index contributed by atoms with van der Waals surface area (Å²) in [5, 5.41) is 6.40. The third-order valence-corrected chi connectivity index (χ3v) is 7.39. The van der Waals surface area contributed by atoms with Gasteiger partial charge >= 0.3 is 0 Å². The van der Waals surface area contributed by atoms with E-state index in [1.807, 2.05) is 36.4 Å². The predicted molar refractivity (Wildman–Crippen MR) is 154 cm³/mol. The second-order valence-electron chi connectivity index (χ2n) is 9.96. The Bertz CT molecular complexity index is 1010. The van der Waals surface area contributed by atoms with Crippen LogP contribution in [0.4, 0.5) is 5.69 Å². The molecule has 0 fully saturated rings. The molecule has 7 heteroatoms. The third-order valence-electron chi connectivity index (χ3n) is 7.39. The van der Waals surface area contributed by atoms with E-state index in [1.54, 1.807) is 12.1 Å². The van der Waals surface area contributed by atoms with Gasteiger partial charge in [-0.05, 0) is 62.3 Å². The number of anilines is 1. The molecule has 0 aliphatic carbocycles. The van der Waals surface area contributed by atoms with Gasteiger partial charge in [0.1, 0.15) is 0 Å². The highest BCUT2D eigenvalue weighted by Crippen LogP contribution is 2.28. The average molecular weight is 521 g/mol. The Kier molecular flexibility index (Phi) is 11.8. The van der Waals surface area contributed by atoms with E-state index in [-0.39, 0.29) is 23.8 Å². The standard InChI is InChI=1S/C31H44N4O3/c1-4-7-8-9-10-13-26(35-30(37)27-14-11-12-15-28(27)31(35)38)20-21-32-25-18-16-24(17-19-25)29(36)33-22-23-34(5-2)6-3/h11-12,14-19,26,32H,4-10,13,20-23H2,1-3H3,(H,33,36). The number of carbonyl (C=O) groups is 3. The van der Waals surface area contributed by atoms with Crippen molar-refractivity contribution in [3.05, 3.63) is 65.2 Å². The highest BCUT2D eigenvalue weighted by molar-refractivity contribution is 6.21. The Morgan fingerprint density at radius 2 is 1.45 bits per heavy atom. The molecule has 1 aliphatic heterocycles. The lowest BCUT2D eigenvalue weighted by Crippen LogP contribution is -2.41. The Labute approximate surface area is 228 Å². The number of imide groups is 1. The van der Waals surface area contributed by atoms with Crippen molar-refractivity contribution in [1.82, 2.24) is 15.1 Å². The Hall–Kier alpha value is -3.19. The number of fused-ring (bicyclic) bond motifs is 1. The highest BCUT2D eigenvalue weighted by Gasteiger charge is 2.39. The lowest BCUT2D eigenvalue weighted by atomic mass is 10.0. The van der Waals surface area contributed by atoms with Crippen LogP contribution in [-0.2, 0) is 0 Å². The molecular weight excluding hydrogens is 476 g/mol. The molecular formula is C31H44N4O3. The van der Waals surface area contributed by atoms with Crippen molar-refractivity contribution >= 4 is 23.4 Å². The van der Waals surface area contributed by atoms with Gasteiger partial charge in [0.25, 0.3) is 17.7 Å². The summed E-state index contributed by atoms with van der Waals surface area (Å²) in [7, 11) is 0. The van der Waals surface area contributed by atoms with E-state index in [4.69, 9.17) is 0 Å². The summed E-state index contributed by atoms with van der Waals surface area (Å²) in [6.07, 6.45) is 7.16. The molecule has 0 radical (unpaired) electrons. The molecule has 1 atom stereocenters. The van der Waals surface area contributed by atoms with Crippen LogP contribution in [0.2, 0.25) is 0 Å². The third kappa shape index (κ3) is 7.90. The van der Waals surface area contributed by atoms with E-state index in [0.29, 0.717) is 36.2 Å². The monoisotopic (exact) mass is 520 g/mol. The van der Waals surface area contributed by atoms with Crippen molar-refractivity contribution in [2.45, 2.75) is 71.8 Å². The van der Waals surface area contributed by atoms with Crippen LogP contribution < -0.4 is 10.6 Å². The number of unbranched alkanes of at least 4 members (excludes halogenated alkanes) is 4. The summed E-state index contributed by atoms with van der Waals surface area (Å²) in [4.78, 5) is 42.4. The Morgan fingerprint density at radius 3 is 2.05 bits per heavy atom. The molecule has 1 unspecified atom stereocenters. The minimum Gasteiger partial charge on any atom is -0.385 e. The summed E-state index contributed by atoms with van der Waals surface area (Å²) in [6, 6.07) is 14.4.